The third-order valence-electron chi connectivity index (χ3n) is 2.76. The molecule has 0 saturated heterocycles. The van der Waals surface area contributed by atoms with E-state index in [1.54, 1.807) is 0 Å². The normalized spacial score (nSPS) is 10.7. The van der Waals surface area contributed by atoms with E-state index in [9.17, 15) is 14.9 Å². The zero-order chi connectivity index (χ0) is 15.0. The van der Waals surface area contributed by atoms with Gasteiger partial charge in [0.05, 0.1) is 20.0 Å². The maximum absolute atomic E-state index is 12.0. The molecule has 0 bridgehead atoms. The quantitative estimate of drug-likeness (QED) is 0.587. The van der Waals surface area contributed by atoms with E-state index in [0.717, 1.165) is 27.1 Å². The van der Waals surface area contributed by atoms with Crippen molar-refractivity contribution in [2.24, 2.45) is 0 Å². The fraction of sp³-hybridized carbons (Fsp3) is 0.0769. The number of amides is 1. The molecule has 2 aromatic heterocycles. The van der Waals surface area contributed by atoms with Crippen molar-refractivity contribution < 1.29 is 9.72 Å². The van der Waals surface area contributed by atoms with Gasteiger partial charge in [0.2, 0.25) is 0 Å². The summed E-state index contributed by atoms with van der Waals surface area (Å²) >= 11 is 2.22. The largest absolute Gasteiger partial charge is 0.324 e. The number of fused-ring (bicyclic) bond motifs is 1. The highest BCUT2D eigenvalue weighted by molar-refractivity contribution is 7.22. The average molecular weight is 319 g/mol. The highest BCUT2D eigenvalue weighted by Gasteiger charge is 2.16. The van der Waals surface area contributed by atoms with Crippen molar-refractivity contribution in [1.82, 2.24) is 4.98 Å². The molecule has 0 spiro atoms. The number of nitro groups is 1. The minimum absolute atomic E-state index is 0.0555. The number of rotatable bonds is 3. The van der Waals surface area contributed by atoms with Crippen LogP contribution in [0.5, 0.6) is 0 Å². The molecule has 21 heavy (non-hydrogen) atoms. The second-order valence-corrected chi connectivity index (χ2v) is 6.43. The van der Waals surface area contributed by atoms with E-state index in [2.05, 4.69) is 10.3 Å². The highest BCUT2D eigenvalue weighted by Crippen LogP contribution is 2.28. The number of aryl methyl sites for hydroxylation is 1. The number of carbonyl (C=O) groups is 1. The number of anilines is 1. The summed E-state index contributed by atoms with van der Waals surface area (Å²) in [5, 5.41) is 13.7. The molecule has 3 aromatic rings. The lowest BCUT2D eigenvalue weighted by molar-refractivity contribution is -0.380. The van der Waals surface area contributed by atoms with Crippen LogP contribution < -0.4 is 5.32 Å². The Morgan fingerprint density at radius 2 is 2.10 bits per heavy atom. The molecule has 0 aliphatic rings. The number of aromatic nitrogens is 1. The first-order valence-corrected chi connectivity index (χ1v) is 7.59. The fourth-order valence-electron chi connectivity index (χ4n) is 1.79. The number of thiazole rings is 1. The summed E-state index contributed by atoms with van der Waals surface area (Å²) in [7, 11) is 0. The Morgan fingerprint density at radius 3 is 2.81 bits per heavy atom. The minimum Gasteiger partial charge on any atom is -0.297 e. The molecular weight excluding hydrogens is 310 g/mol. The molecule has 0 atom stereocenters. The monoisotopic (exact) mass is 319 g/mol. The molecule has 1 amide bonds. The lowest BCUT2D eigenvalue weighted by atomic mass is 10.2. The van der Waals surface area contributed by atoms with Crippen molar-refractivity contribution in [2.45, 2.75) is 6.92 Å². The number of benzene rings is 1. The van der Waals surface area contributed by atoms with Gasteiger partial charge in [-0.2, -0.15) is 0 Å². The third kappa shape index (κ3) is 2.76. The zero-order valence-corrected chi connectivity index (χ0v) is 12.5. The molecular formula is C13H9N3O3S2. The van der Waals surface area contributed by atoms with Gasteiger partial charge >= 0.3 is 5.00 Å². The number of carbonyl (C=O) groups excluding carboxylic acids is 1. The molecule has 0 unspecified atom stereocenters. The van der Waals surface area contributed by atoms with Gasteiger partial charge in [-0.25, -0.2) is 4.98 Å². The summed E-state index contributed by atoms with van der Waals surface area (Å²) in [5.74, 6) is -0.385. The van der Waals surface area contributed by atoms with Crippen LogP contribution in [-0.2, 0) is 0 Å². The van der Waals surface area contributed by atoms with Crippen LogP contribution in [0.1, 0.15) is 15.2 Å². The third-order valence-corrected chi connectivity index (χ3v) is 4.73. The van der Waals surface area contributed by atoms with E-state index in [1.165, 1.54) is 23.5 Å². The van der Waals surface area contributed by atoms with Gasteiger partial charge in [-0.1, -0.05) is 28.7 Å². The van der Waals surface area contributed by atoms with Crippen molar-refractivity contribution in [3.05, 3.63) is 50.9 Å². The molecule has 0 radical (unpaired) electrons. The Hall–Kier alpha value is -2.32. The molecule has 0 fully saturated rings. The molecule has 0 aliphatic heterocycles. The first-order chi connectivity index (χ1) is 10.0. The van der Waals surface area contributed by atoms with Gasteiger partial charge < -0.3 is 0 Å². The van der Waals surface area contributed by atoms with Gasteiger partial charge in [-0.3, -0.25) is 20.2 Å². The molecule has 6 nitrogen and oxygen atoms in total. The van der Waals surface area contributed by atoms with Crippen molar-refractivity contribution in [3.63, 3.8) is 0 Å². The highest BCUT2D eigenvalue weighted by atomic mass is 32.1. The summed E-state index contributed by atoms with van der Waals surface area (Å²) < 4.78 is 0.988. The number of nitrogens with zero attached hydrogens (tertiary/aromatic N) is 2. The van der Waals surface area contributed by atoms with E-state index in [0.29, 0.717) is 5.13 Å². The zero-order valence-electron chi connectivity index (χ0n) is 10.8. The standard InChI is InChI=1S/C13H9N3O3S2/c1-7-2-3-8-10(6-7)21-13(14-8)15-12(17)9-4-5-11(20-9)16(18)19/h2-6H,1H3,(H,14,15,17). The van der Waals surface area contributed by atoms with Gasteiger partial charge in [0.25, 0.3) is 5.91 Å². The fourth-order valence-corrected chi connectivity index (χ4v) is 3.47. The van der Waals surface area contributed by atoms with Crippen LogP contribution in [0.3, 0.4) is 0 Å². The molecule has 1 N–H and O–H groups in total. The molecule has 3 rings (SSSR count). The van der Waals surface area contributed by atoms with Gasteiger partial charge in [0.1, 0.15) is 0 Å². The Bertz CT molecular complexity index is 853. The summed E-state index contributed by atoms with van der Waals surface area (Å²) in [6.07, 6.45) is 0. The molecule has 2 heterocycles. The van der Waals surface area contributed by atoms with Crippen molar-refractivity contribution in [3.8, 4) is 0 Å². The molecule has 1 aromatic carbocycles. The number of nitrogens with one attached hydrogen (secondary N) is 1. The van der Waals surface area contributed by atoms with Crippen LogP contribution in [0.4, 0.5) is 10.1 Å². The lowest BCUT2D eigenvalue weighted by Crippen LogP contribution is -2.09. The van der Waals surface area contributed by atoms with Crippen LogP contribution in [0.15, 0.2) is 30.3 Å². The average Bonchev–Trinajstić information content (AvgIpc) is 3.03. The van der Waals surface area contributed by atoms with Crippen LogP contribution in [0.25, 0.3) is 10.2 Å². The topological polar surface area (TPSA) is 85.1 Å². The summed E-state index contributed by atoms with van der Waals surface area (Å²) in [5.41, 5.74) is 1.94. The summed E-state index contributed by atoms with van der Waals surface area (Å²) in [6, 6.07) is 8.61. The summed E-state index contributed by atoms with van der Waals surface area (Å²) in [4.78, 5) is 26.8. The molecule has 8 heteroatoms. The van der Waals surface area contributed by atoms with Crippen molar-refractivity contribution >= 4 is 48.9 Å². The Balaban J connectivity index is 1.83. The van der Waals surface area contributed by atoms with Gasteiger partial charge in [0.15, 0.2) is 5.13 Å². The number of hydrogen-bond acceptors (Lipinski definition) is 6. The van der Waals surface area contributed by atoms with Gasteiger partial charge in [-0.05, 0) is 30.7 Å². The number of thiophene rings is 1. The van der Waals surface area contributed by atoms with E-state index in [-0.39, 0.29) is 15.8 Å². The minimum atomic E-state index is -0.512. The van der Waals surface area contributed by atoms with E-state index >= 15 is 0 Å². The van der Waals surface area contributed by atoms with Crippen LogP contribution in [-0.4, -0.2) is 15.8 Å². The maximum Gasteiger partial charge on any atom is 0.324 e. The van der Waals surface area contributed by atoms with Gasteiger partial charge in [-0.15, -0.1) is 0 Å². The van der Waals surface area contributed by atoms with E-state index in [1.807, 2.05) is 25.1 Å². The maximum atomic E-state index is 12.0. The van der Waals surface area contributed by atoms with E-state index in [4.69, 9.17) is 0 Å². The predicted molar refractivity (Wildman–Crippen MR) is 83.3 cm³/mol. The first-order valence-electron chi connectivity index (χ1n) is 5.96. The lowest BCUT2D eigenvalue weighted by Gasteiger charge is -1.96. The second kappa shape index (κ2) is 5.23. The predicted octanol–water partition coefficient (Wildman–Crippen LogP) is 3.83. The van der Waals surface area contributed by atoms with Crippen LogP contribution in [0.2, 0.25) is 0 Å². The van der Waals surface area contributed by atoms with Crippen LogP contribution >= 0.6 is 22.7 Å². The van der Waals surface area contributed by atoms with Crippen molar-refractivity contribution in [2.75, 3.05) is 5.32 Å². The first kappa shape index (κ1) is 13.7. The molecule has 0 saturated carbocycles. The summed E-state index contributed by atoms with van der Waals surface area (Å²) in [6.45, 7) is 1.99. The Kier molecular flexibility index (Phi) is 3.40. The Labute approximate surface area is 127 Å². The second-order valence-electron chi connectivity index (χ2n) is 4.34. The van der Waals surface area contributed by atoms with E-state index < -0.39 is 4.92 Å². The van der Waals surface area contributed by atoms with Gasteiger partial charge in [0, 0.05) is 6.07 Å². The SMILES string of the molecule is Cc1ccc2nc(NC(=O)c3ccc([N+](=O)[O-])s3)sc2c1. The van der Waals surface area contributed by atoms with Crippen molar-refractivity contribution in [1.29, 1.82) is 0 Å². The molecule has 106 valence electrons. The Morgan fingerprint density at radius 1 is 1.29 bits per heavy atom. The number of hydrogen-bond donors (Lipinski definition) is 1. The van der Waals surface area contributed by atoms with Crippen LogP contribution in [0, 0.1) is 17.0 Å². The smallest absolute Gasteiger partial charge is 0.297 e. The molecule has 0 aliphatic carbocycles.